The highest BCUT2D eigenvalue weighted by Crippen LogP contribution is 2.47. The van der Waals surface area contributed by atoms with E-state index in [0.717, 1.165) is 17.2 Å². The van der Waals surface area contributed by atoms with Crippen LogP contribution in [-0.4, -0.2) is 93.8 Å². The number of benzene rings is 3. The van der Waals surface area contributed by atoms with Gasteiger partial charge in [-0.2, -0.15) is 34.8 Å². The second-order valence-corrected chi connectivity index (χ2v) is 13.4. The Morgan fingerprint density at radius 2 is 0.981 bits per heavy atom. The monoisotopic (exact) mass is 750 g/mol. The minimum absolute atomic E-state index is 0.0966. The van der Waals surface area contributed by atoms with Gasteiger partial charge in [0.05, 0.1) is 16.7 Å². The van der Waals surface area contributed by atoms with E-state index in [0.29, 0.717) is 66.0 Å². The lowest BCUT2D eigenvalue weighted by Gasteiger charge is -2.35. The average Bonchev–Trinajstić information content (AvgIpc) is 3.06. The molecule has 274 valence electrons. The Bertz CT molecular complexity index is 1930. The van der Waals surface area contributed by atoms with Crippen molar-refractivity contribution in [3.8, 4) is 11.5 Å². The first-order valence-corrected chi connectivity index (χ1v) is 17.8. The third-order valence-electron chi connectivity index (χ3n) is 8.27. The minimum Gasteiger partial charge on any atom is -0.435 e. The molecule has 0 amide bonds. The molecule has 0 heterocycles. The third kappa shape index (κ3) is 9.45. The summed E-state index contributed by atoms with van der Waals surface area (Å²) in [5.41, 5.74) is -4.14. The summed E-state index contributed by atoms with van der Waals surface area (Å²) < 4.78 is 131. The zero-order valence-corrected chi connectivity index (χ0v) is 30.0. The van der Waals surface area contributed by atoms with E-state index in [1.165, 1.54) is 0 Å². The van der Waals surface area contributed by atoms with Crippen LogP contribution in [0.5, 0.6) is 11.5 Å². The summed E-state index contributed by atoms with van der Waals surface area (Å²) in [5, 5.41) is 0. The summed E-state index contributed by atoms with van der Waals surface area (Å²) in [4.78, 5) is 40.4. The molecule has 0 unspecified atom stereocenters. The molecule has 0 aliphatic carbocycles. The molecular weight excluding hydrogens is 716 g/mol. The Balaban J connectivity index is 2.24. The highest BCUT2D eigenvalue weighted by molar-refractivity contribution is 7.85. The van der Waals surface area contributed by atoms with Crippen molar-refractivity contribution >= 4 is 67.3 Å². The van der Waals surface area contributed by atoms with Crippen LogP contribution in [0.2, 0.25) is 0 Å². The van der Waals surface area contributed by atoms with E-state index < -0.39 is 68.4 Å². The van der Waals surface area contributed by atoms with Crippen LogP contribution >= 0.6 is 0 Å². The molecule has 1 N–H and O–H groups in total. The smallest absolute Gasteiger partial charge is 0.435 e. The Morgan fingerprint density at radius 1 is 0.615 bits per heavy atom. The Hall–Kier alpha value is -4.12. The van der Waals surface area contributed by atoms with Gasteiger partial charge in [0.1, 0.15) is 56.5 Å². The Morgan fingerprint density at radius 3 is 1.35 bits per heavy atom. The largest absolute Gasteiger partial charge is 0.438 e. The quantitative estimate of drug-likeness (QED) is 0.0895. The van der Waals surface area contributed by atoms with Crippen LogP contribution in [0, 0.1) is 6.92 Å². The maximum Gasteiger partial charge on any atom is 0.438 e. The fourth-order valence-electron chi connectivity index (χ4n) is 5.46. The van der Waals surface area contributed by atoms with Gasteiger partial charge in [0.2, 0.25) is 0 Å². The van der Waals surface area contributed by atoms with Gasteiger partial charge in [0.25, 0.3) is 10.1 Å². The lowest BCUT2D eigenvalue weighted by molar-refractivity contribution is -0.356. The average molecular weight is 750 g/mol. The van der Waals surface area contributed by atoms with Gasteiger partial charge in [-0.3, -0.25) is 4.55 Å². The normalized spacial score (nSPS) is 12.3. The van der Waals surface area contributed by atoms with E-state index in [9.17, 15) is 49.1 Å². The van der Waals surface area contributed by atoms with Crippen molar-refractivity contribution in [3.05, 3.63) is 92.5 Å². The number of esters is 3. The molecule has 0 aliphatic heterocycles. The van der Waals surface area contributed by atoms with Crippen molar-refractivity contribution in [2.75, 3.05) is 5.75 Å². The summed E-state index contributed by atoms with van der Waals surface area (Å²) in [5.74, 6) is -7.84. The molecule has 0 saturated heterocycles. The number of hydrogen-bond acceptors (Lipinski definition) is 8. The van der Waals surface area contributed by atoms with Gasteiger partial charge < -0.3 is 14.2 Å². The van der Waals surface area contributed by atoms with Crippen LogP contribution in [0.1, 0.15) is 64.5 Å². The molecule has 52 heavy (non-hydrogen) atoms. The van der Waals surface area contributed by atoms with Gasteiger partial charge in [-0.1, -0.05) is 67.0 Å². The topological polar surface area (TPSA) is 133 Å². The van der Waals surface area contributed by atoms with Crippen LogP contribution in [0.15, 0.2) is 42.5 Å². The predicted molar refractivity (Wildman–Crippen MR) is 192 cm³/mol. The van der Waals surface area contributed by atoms with Gasteiger partial charge in [0.15, 0.2) is 0 Å². The highest BCUT2D eigenvalue weighted by atomic mass is 32.2. The summed E-state index contributed by atoms with van der Waals surface area (Å²) in [7, 11) is 3.08. The minimum atomic E-state index is -6.62. The molecule has 0 radical (unpaired) electrons. The molecule has 3 aromatic rings. The van der Waals surface area contributed by atoms with E-state index >= 15 is 0 Å². The molecule has 0 aromatic heterocycles. The molecule has 0 bridgehead atoms. The van der Waals surface area contributed by atoms with Gasteiger partial charge >= 0.3 is 35.9 Å². The fraction of sp³-hybridized carbons (Fsp3) is 0.323. The van der Waals surface area contributed by atoms with Crippen LogP contribution < -0.4 is 9.47 Å². The summed E-state index contributed by atoms with van der Waals surface area (Å²) in [6, 6.07) is 9.02. The second-order valence-electron chi connectivity index (χ2n) is 11.9. The molecule has 0 atom stereocenters. The number of carbonyl (C=O) groups excluding carboxylic acids is 3. The predicted octanol–water partition coefficient (Wildman–Crippen LogP) is 1.01. The van der Waals surface area contributed by atoms with E-state index in [1.807, 2.05) is 15.7 Å². The van der Waals surface area contributed by atoms with E-state index in [1.54, 1.807) is 54.7 Å². The summed E-state index contributed by atoms with van der Waals surface area (Å²) in [6.45, 7) is 1.64. The molecule has 0 spiro atoms. The Kier molecular flexibility index (Phi) is 13.2. The molecule has 0 fully saturated rings. The maximum atomic E-state index is 14.0. The number of rotatable bonds is 13. The van der Waals surface area contributed by atoms with Crippen molar-refractivity contribution < 1.29 is 67.9 Å². The molecule has 21 heteroatoms. The molecule has 3 rings (SSSR count). The van der Waals surface area contributed by atoms with Crippen LogP contribution in [-0.2, 0) is 46.5 Å². The van der Waals surface area contributed by atoms with Gasteiger partial charge in [-0.25, -0.2) is 14.4 Å². The van der Waals surface area contributed by atoms with Crippen molar-refractivity contribution in [1.82, 2.24) is 0 Å². The fourth-order valence-corrected chi connectivity index (χ4v) is 6.36. The first kappa shape index (κ1) is 42.3. The van der Waals surface area contributed by atoms with Crippen molar-refractivity contribution in [2.24, 2.45) is 0 Å². The number of aryl methyl sites for hydroxylation is 1. The molecule has 0 aliphatic rings. The van der Waals surface area contributed by atoms with Gasteiger partial charge in [-0.05, 0) is 47.4 Å². The van der Waals surface area contributed by atoms with Crippen molar-refractivity contribution in [2.45, 2.75) is 56.5 Å². The van der Waals surface area contributed by atoms with Crippen LogP contribution in [0.4, 0.5) is 26.3 Å². The van der Waals surface area contributed by atoms with Gasteiger partial charge in [0, 0.05) is 0 Å². The lowest BCUT2D eigenvalue weighted by atomic mass is 9.85. The first-order chi connectivity index (χ1) is 24.0. The van der Waals surface area contributed by atoms with E-state index in [2.05, 4.69) is 4.74 Å². The zero-order valence-electron chi connectivity index (χ0n) is 29.2. The standard InChI is InChI=1S/C31H33B5F6O9S/c1-15-2-16(9-32)3-21(11-34)24(15)49-26(43)18-6-19(27(44)50-25-22(12-35)4-17(10-33)5-23(25)13-36)8-20(7-18)28(45)51-29(30(37,38)39,31(40,41)42)14-52(46,47)48/h2-8H,9-14,32-36H2,1H3,(H,46,47,48). The number of ether oxygens (including phenoxy) is 3. The van der Waals surface area contributed by atoms with Gasteiger partial charge in [-0.15, -0.1) is 0 Å². The number of carbonyl (C=O) groups is 3. The zero-order chi connectivity index (χ0) is 39.4. The van der Waals surface area contributed by atoms with E-state index in [-0.39, 0.29) is 11.5 Å². The Labute approximate surface area is 300 Å². The van der Waals surface area contributed by atoms with Crippen LogP contribution in [0.3, 0.4) is 0 Å². The maximum absolute atomic E-state index is 14.0. The second kappa shape index (κ2) is 16.3. The number of alkyl halides is 6. The van der Waals surface area contributed by atoms with Crippen molar-refractivity contribution in [1.29, 1.82) is 0 Å². The SMILES string of the molecule is BCc1cc(C)c(OC(=O)c2cc(C(=O)Oc3c(CB)cc(CB)cc3CB)cc(C(=O)OC(CS(=O)(=O)O)(C(F)(F)F)C(F)(F)F)c2)c(CB)c1. The molecular formula is C31H33B5F6O9S. The summed E-state index contributed by atoms with van der Waals surface area (Å²) >= 11 is 0. The number of hydrogen-bond donors (Lipinski definition) is 1. The van der Waals surface area contributed by atoms with Crippen molar-refractivity contribution in [3.63, 3.8) is 0 Å². The molecule has 0 saturated carbocycles. The lowest BCUT2D eigenvalue weighted by Crippen LogP contribution is -2.63. The highest BCUT2D eigenvalue weighted by Gasteiger charge is 2.76. The van der Waals surface area contributed by atoms with Crippen LogP contribution in [0.25, 0.3) is 0 Å². The molecule has 3 aromatic carbocycles. The summed E-state index contributed by atoms with van der Waals surface area (Å²) in [6.07, 6.45) is -10.8. The number of halogens is 6. The first-order valence-electron chi connectivity index (χ1n) is 16.2. The van der Waals surface area contributed by atoms with E-state index in [4.69, 9.17) is 14.0 Å². The third-order valence-corrected chi connectivity index (χ3v) is 9.04. The molecule has 9 nitrogen and oxygen atoms in total.